The molecule has 108 valence electrons. The average Bonchev–Trinajstić information content (AvgIpc) is 2.85. The predicted octanol–water partition coefficient (Wildman–Crippen LogP) is 3.44. The van der Waals surface area contributed by atoms with Crippen molar-refractivity contribution in [3.8, 4) is 16.9 Å². The number of nitrogens with one attached hydrogen (secondary N) is 1. The Hall–Kier alpha value is -2.88. The van der Waals surface area contributed by atoms with Gasteiger partial charge in [-0.05, 0) is 37.6 Å². The Morgan fingerprint density at radius 3 is 2.73 bits per heavy atom. The van der Waals surface area contributed by atoms with E-state index in [1.165, 1.54) is 4.68 Å². The highest BCUT2D eigenvalue weighted by atomic mass is 16.1. The van der Waals surface area contributed by atoms with Crippen LogP contribution < -0.4 is 5.56 Å². The largest absolute Gasteiger partial charge is 0.360 e. The topological polar surface area (TPSA) is 50.7 Å². The highest BCUT2D eigenvalue weighted by Gasteiger charge is 2.19. The highest BCUT2D eigenvalue weighted by Crippen LogP contribution is 2.27. The fourth-order valence-electron chi connectivity index (χ4n) is 2.84. The molecule has 0 fully saturated rings. The van der Waals surface area contributed by atoms with Crippen molar-refractivity contribution in [3.05, 3.63) is 70.1 Å². The minimum atomic E-state index is -0.0936. The van der Waals surface area contributed by atoms with Crippen molar-refractivity contribution in [3.63, 3.8) is 0 Å². The molecule has 2 aromatic carbocycles. The number of pyridine rings is 1. The van der Waals surface area contributed by atoms with Gasteiger partial charge in [0.15, 0.2) is 0 Å². The summed E-state index contributed by atoms with van der Waals surface area (Å²) in [5, 5.41) is 5.57. The molecule has 22 heavy (non-hydrogen) atoms. The number of hydrogen-bond donors (Lipinski definition) is 1. The molecule has 2 aliphatic heterocycles. The maximum absolute atomic E-state index is 12.7. The molecule has 0 spiro atoms. The lowest BCUT2D eigenvalue weighted by molar-refractivity contribution is 0.852. The molecule has 1 N–H and O–H groups in total. The van der Waals surface area contributed by atoms with Gasteiger partial charge in [-0.15, -0.1) is 0 Å². The van der Waals surface area contributed by atoms with Crippen molar-refractivity contribution in [1.82, 2.24) is 14.8 Å². The third-order valence-corrected chi connectivity index (χ3v) is 4.02. The van der Waals surface area contributed by atoms with Crippen LogP contribution >= 0.6 is 0 Å². The molecule has 2 heterocycles. The SMILES string of the molecule is Cc1ccc2[nH]cc3c(=O)n(-c4ccccc4C)nc-3c2c1. The van der Waals surface area contributed by atoms with Crippen LogP contribution in [-0.2, 0) is 0 Å². The Bertz CT molecular complexity index is 1030. The van der Waals surface area contributed by atoms with Gasteiger partial charge in [-0.25, -0.2) is 0 Å². The number of rotatable bonds is 1. The smallest absolute Gasteiger partial charge is 0.282 e. The molecule has 0 saturated carbocycles. The Labute approximate surface area is 127 Å². The van der Waals surface area contributed by atoms with E-state index in [9.17, 15) is 4.79 Å². The highest BCUT2D eigenvalue weighted by molar-refractivity contribution is 5.93. The van der Waals surface area contributed by atoms with E-state index in [-0.39, 0.29) is 5.56 Å². The summed E-state index contributed by atoms with van der Waals surface area (Å²) < 4.78 is 1.50. The van der Waals surface area contributed by atoms with Crippen molar-refractivity contribution in [2.24, 2.45) is 0 Å². The van der Waals surface area contributed by atoms with Crippen LogP contribution in [0.25, 0.3) is 27.8 Å². The lowest BCUT2D eigenvalue weighted by Crippen LogP contribution is -2.15. The van der Waals surface area contributed by atoms with Crippen molar-refractivity contribution in [2.45, 2.75) is 13.8 Å². The third-order valence-electron chi connectivity index (χ3n) is 4.02. The van der Waals surface area contributed by atoms with Gasteiger partial charge in [-0.2, -0.15) is 9.78 Å². The van der Waals surface area contributed by atoms with Crippen LogP contribution in [0.5, 0.6) is 0 Å². The molecule has 4 rings (SSSR count). The van der Waals surface area contributed by atoms with Gasteiger partial charge in [0.05, 0.1) is 11.3 Å². The molecular weight excluding hydrogens is 274 g/mol. The van der Waals surface area contributed by atoms with Gasteiger partial charge in [0, 0.05) is 17.1 Å². The van der Waals surface area contributed by atoms with Gasteiger partial charge in [0.2, 0.25) is 0 Å². The van der Waals surface area contributed by atoms with Crippen LogP contribution in [0.15, 0.2) is 53.5 Å². The molecular formula is C18H15N3O. The number of aryl methyl sites for hydroxylation is 2. The second kappa shape index (κ2) is 4.56. The van der Waals surface area contributed by atoms with Gasteiger partial charge >= 0.3 is 0 Å². The minimum absolute atomic E-state index is 0.0936. The Morgan fingerprint density at radius 1 is 1.09 bits per heavy atom. The van der Waals surface area contributed by atoms with E-state index in [0.717, 1.165) is 33.4 Å². The number of aromatic nitrogens is 3. The van der Waals surface area contributed by atoms with Crippen LogP contribution in [0, 0.1) is 13.8 Å². The molecule has 0 atom stereocenters. The van der Waals surface area contributed by atoms with Crippen molar-refractivity contribution in [2.75, 3.05) is 0 Å². The van der Waals surface area contributed by atoms with Crippen LogP contribution in [0.3, 0.4) is 0 Å². The van der Waals surface area contributed by atoms with Gasteiger partial charge in [0.25, 0.3) is 5.56 Å². The number of H-pyrrole nitrogens is 1. The van der Waals surface area contributed by atoms with Gasteiger partial charge in [-0.3, -0.25) is 4.79 Å². The van der Waals surface area contributed by atoms with E-state index in [1.807, 2.05) is 50.2 Å². The third kappa shape index (κ3) is 1.77. The number of fused-ring (bicyclic) bond motifs is 3. The molecule has 0 saturated heterocycles. The maximum Gasteiger partial charge on any atom is 0.282 e. The molecule has 4 nitrogen and oxygen atoms in total. The number of hydrogen-bond acceptors (Lipinski definition) is 2. The summed E-state index contributed by atoms with van der Waals surface area (Å²) in [4.78, 5) is 15.9. The summed E-state index contributed by atoms with van der Waals surface area (Å²) in [7, 11) is 0. The van der Waals surface area contributed by atoms with Crippen LogP contribution in [-0.4, -0.2) is 14.8 Å². The molecule has 0 aromatic heterocycles. The summed E-state index contributed by atoms with van der Waals surface area (Å²) in [6.07, 6.45) is 1.75. The second-order valence-corrected chi connectivity index (χ2v) is 5.60. The lowest BCUT2D eigenvalue weighted by atomic mass is 10.1. The summed E-state index contributed by atoms with van der Waals surface area (Å²) in [6, 6.07) is 13.9. The monoisotopic (exact) mass is 289 g/mol. The quantitative estimate of drug-likeness (QED) is 0.583. The van der Waals surface area contributed by atoms with Gasteiger partial charge in [0.1, 0.15) is 5.69 Å². The molecule has 4 heteroatoms. The molecule has 0 amide bonds. The lowest BCUT2D eigenvalue weighted by Gasteiger charge is -2.04. The normalized spacial score (nSPS) is 11.4. The van der Waals surface area contributed by atoms with Crippen LogP contribution in [0.1, 0.15) is 11.1 Å². The Balaban J connectivity index is 2.10. The maximum atomic E-state index is 12.7. The van der Waals surface area contributed by atoms with Crippen LogP contribution in [0.2, 0.25) is 0 Å². The van der Waals surface area contributed by atoms with Crippen molar-refractivity contribution >= 4 is 10.9 Å². The van der Waals surface area contributed by atoms with E-state index in [0.29, 0.717) is 5.56 Å². The Kier molecular flexibility index (Phi) is 2.66. The van der Waals surface area contributed by atoms with Crippen molar-refractivity contribution < 1.29 is 0 Å². The number of benzene rings is 2. The second-order valence-electron chi connectivity index (χ2n) is 5.60. The predicted molar refractivity (Wildman–Crippen MR) is 87.8 cm³/mol. The first kappa shape index (κ1) is 12.8. The van der Waals surface area contributed by atoms with Crippen molar-refractivity contribution in [1.29, 1.82) is 0 Å². The molecule has 0 unspecified atom stereocenters. The number of aromatic amines is 1. The van der Waals surface area contributed by atoms with E-state index in [4.69, 9.17) is 0 Å². The summed E-state index contributed by atoms with van der Waals surface area (Å²) in [5.41, 5.74) is 5.23. The van der Waals surface area contributed by atoms with E-state index in [2.05, 4.69) is 16.1 Å². The molecule has 2 aromatic rings. The zero-order chi connectivity index (χ0) is 15.3. The summed E-state index contributed by atoms with van der Waals surface area (Å²) >= 11 is 0. The molecule has 0 bridgehead atoms. The minimum Gasteiger partial charge on any atom is -0.360 e. The zero-order valence-corrected chi connectivity index (χ0v) is 12.4. The molecule has 0 aliphatic carbocycles. The fraction of sp³-hybridized carbons (Fsp3) is 0.111. The van der Waals surface area contributed by atoms with Crippen LogP contribution in [0.4, 0.5) is 0 Å². The zero-order valence-electron chi connectivity index (χ0n) is 12.4. The number of para-hydroxylation sites is 1. The summed E-state index contributed by atoms with van der Waals surface area (Å²) in [5.74, 6) is 0. The molecule has 2 aliphatic rings. The first-order valence-electron chi connectivity index (χ1n) is 7.22. The standard InChI is InChI=1S/C18H15N3O/c1-11-7-8-15-13(9-11)17-14(10-19-15)18(22)21(20-17)16-6-4-3-5-12(16)2/h3-10,19H,1-2H3. The average molecular weight is 289 g/mol. The first-order valence-corrected chi connectivity index (χ1v) is 7.22. The van der Waals surface area contributed by atoms with E-state index < -0.39 is 0 Å². The summed E-state index contributed by atoms with van der Waals surface area (Å²) in [6.45, 7) is 4.02. The molecule has 0 radical (unpaired) electrons. The van der Waals surface area contributed by atoms with E-state index in [1.54, 1.807) is 6.20 Å². The fourth-order valence-corrected chi connectivity index (χ4v) is 2.84. The Morgan fingerprint density at radius 2 is 1.91 bits per heavy atom. The number of nitrogens with zero attached hydrogens (tertiary/aromatic N) is 2. The van der Waals surface area contributed by atoms with E-state index >= 15 is 0 Å². The van der Waals surface area contributed by atoms with Gasteiger partial charge < -0.3 is 4.98 Å². The van der Waals surface area contributed by atoms with Gasteiger partial charge in [-0.1, -0.05) is 29.8 Å². The first-order chi connectivity index (χ1) is 10.6.